The third-order valence-corrected chi connectivity index (χ3v) is 2.86. The minimum absolute atomic E-state index is 0.606. The third kappa shape index (κ3) is 3.10. The molecule has 0 spiro atoms. The molecule has 0 aliphatic rings. The van der Waals surface area contributed by atoms with Crippen LogP contribution in [0.15, 0.2) is 46.6 Å². The van der Waals surface area contributed by atoms with Gasteiger partial charge >= 0.3 is 0 Å². The summed E-state index contributed by atoms with van der Waals surface area (Å²) in [7, 11) is 1.59. The number of hydrogen-bond acceptors (Lipinski definition) is 4. The zero-order chi connectivity index (χ0) is 13.8. The summed E-state index contributed by atoms with van der Waals surface area (Å²) < 4.78 is 5.18. The normalized spacial score (nSPS) is 10.9. The molecule has 0 aromatic heterocycles. The van der Waals surface area contributed by atoms with Crippen LogP contribution in [-0.2, 0) is 0 Å². The van der Waals surface area contributed by atoms with Crippen LogP contribution in [-0.4, -0.2) is 7.11 Å². The van der Waals surface area contributed by atoms with Gasteiger partial charge in [-0.15, -0.1) is 0 Å². The SMILES string of the molecule is COc1cc(N=Nc2ccc(C)cc2)c(C)cc1N. The van der Waals surface area contributed by atoms with E-state index in [0.29, 0.717) is 11.4 Å². The van der Waals surface area contributed by atoms with Crippen LogP contribution in [0.2, 0.25) is 0 Å². The topological polar surface area (TPSA) is 60.0 Å². The third-order valence-electron chi connectivity index (χ3n) is 2.86. The Hall–Kier alpha value is -2.36. The van der Waals surface area contributed by atoms with E-state index in [4.69, 9.17) is 10.5 Å². The Kier molecular flexibility index (Phi) is 3.80. The van der Waals surface area contributed by atoms with Gasteiger partial charge in [0, 0.05) is 6.07 Å². The van der Waals surface area contributed by atoms with Gasteiger partial charge in [-0.1, -0.05) is 17.7 Å². The van der Waals surface area contributed by atoms with Gasteiger partial charge in [0.25, 0.3) is 0 Å². The van der Waals surface area contributed by atoms with Crippen molar-refractivity contribution in [1.29, 1.82) is 0 Å². The number of aryl methyl sites for hydroxylation is 2. The largest absolute Gasteiger partial charge is 0.495 e. The fraction of sp³-hybridized carbons (Fsp3) is 0.200. The molecular weight excluding hydrogens is 238 g/mol. The Labute approximate surface area is 112 Å². The van der Waals surface area contributed by atoms with E-state index < -0.39 is 0 Å². The van der Waals surface area contributed by atoms with Crippen molar-refractivity contribution in [3.63, 3.8) is 0 Å². The van der Waals surface area contributed by atoms with Crippen molar-refractivity contribution in [2.24, 2.45) is 10.2 Å². The molecule has 0 saturated carbocycles. The lowest BCUT2D eigenvalue weighted by molar-refractivity contribution is 0.417. The number of rotatable bonds is 3. The van der Waals surface area contributed by atoms with Crippen molar-refractivity contribution < 1.29 is 4.74 Å². The van der Waals surface area contributed by atoms with Crippen molar-refractivity contribution >= 4 is 17.1 Å². The summed E-state index contributed by atoms with van der Waals surface area (Å²) in [5.41, 5.74) is 10.2. The van der Waals surface area contributed by atoms with E-state index in [1.165, 1.54) is 5.56 Å². The second-order valence-electron chi connectivity index (χ2n) is 4.42. The first-order valence-electron chi connectivity index (χ1n) is 6.02. The molecule has 0 aliphatic carbocycles. The minimum atomic E-state index is 0.606. The Bertz CT molecular complexity index is 604. The second-order valence-corrected chi connectivity index (χ2v) is 4.42. The molecule has 4 heteroatoms. The van der Waals surface area contributed by atoms with Gasteiger partial charge in [0.15, 0.2) is 0 Å². The standard InChI is InChI=1S/C15H17N3O/c1-10-4-6-12(7-5-10)17-18-14-9-15(19-3)13(16)8-11(14)2/h4-9H,16H2,1-3H3. The maximum atomic E-state index is 5.83. The van der Waals surface area contributed by atoms with Crippen LogP contribution in [0.4, 0.5) is 17.1 Å². The average Bonchev–Trinajstić information content (AvgIpc) is 2.40. The van der Waals surface area contributed by atoms with Gasteiger partial charge in [-0.25, -0.2) is 0 Å². The molecule has 2 aromatic rings. The summed E-state index contributed by atoms with van der Waals surface area (Å²) in [4.78, 5) is 0. The van der Waals surface area contributed by atoms with Gasteiger partial charge in [-0.3, -0.25) is 0 Å². The predicted octanol–water partition coefficient (Wildman–Crippen LogP) is 4.31. The molecule has 98 valence electrons. The Morgan fingerprint density at radius 1 is 1.00 bits per heavy atom. The molecule has 0 heterocycles. The molecule has 19 heavy (non-hydrogen) atoms. The molecule has 0 fully saturated rings. The predicted molar refractivity (Wildman–Crippen MR) is 77.5 cm³/mol. The molecular formula is C15H17N3O. The first-order chi connectivity index (χ1) is 9.10. The zero-order valence-electron chi connectivity index (χ0n) is 11.3. The number of nitrogens with two attached hydrogens (primary N) is 1. The van der Waals surface area contributed by atoms with Crippen LogP contribution >= 0.6 is 0 Å². The highest BCUT2D eigenvalue weighted by Gasteiger charge is 2.04. The van der Waals surface area contributed by atoms with E-state index in [9.17, 15) is 0 Å². The van der Waals surface area contributed by atoms with E-state index >= 15 is 0 Å². The van der Waals surface area contributed by atoms with Gasteiger partial charge < -0.3 is 10.5 Å². The van der Waals surface area contributed by atoms with E-state index in [-0.39, 0.29) is 0 Å². The monoisotopic (exact) mass is 255 g/mol. The van der Waals surface area contributed by atoms with Gasteiger partial charge in [-0.05, 0) is 37.6 Å². The highest BCUT2D eigenvalue weighted by molar-refractivity contribution is 5.63. The highest BCUT2D eigenvalue weighted by Crippen LogP contribution is 2.31. The molecule has 0 unspecified atom stereocenters. The van der Waals surface area contributed by atoms with Crippen LogP contribution < -0.4 is 10.5 Å². The number of nitrogens with zero attached hydrogens (tertiary/aromatic N) is 2. The molecule has 0 radical (unpaired) electrons. The smallest absolute Gasteiger partial charge is 0.143 e. The molecule has 0 amide bonds. The fourth-order valence-corrected chi connectivity index (χ4v) is 1.71. The van der Waals surface area contributed by atoms with E-state index in [1.54, 1.807) is 13.2 Å². The lowest BCUT2D eigenvalue weighted by Crippen LogP contribution is -1.92. The minimum Gasteiger partial charge on any atom is -0.495 e. The van der Waals surface area contributed by atoms with E-state index in [0.717, 1.165) is 16.9 Å². The van der Waals surface area contributed by atoms with Gasteiger partial charge in [-0.2, -0.15) is 10.2 Å². The fourth-order valence-electron chi connectivity index (χ4n) is 1.71. The Morgan fingerprint density at radius 3 is 2.32 bits per heavy atom. The van der Waals surface area contributed by atoms with E-state index in [1.807, 2.05) is 44.2 Å². The quantitative estimate of drug-likeness (QED) is 0.656. The van der Waals surface area contributed by atoms with Crippen molar-refractivity contribution in [2.75, 3.05) is 12.8 Å². The van der Waals surface area contributed by atoms with Gasteiger partial charge in [0.2, 0.25) is 0 Å². The summed E-state index contributed by atoms with van der Waals surface area (Å²) in [6.07, 6.45) is 0. The van der Waals surface area contributed by atoms with Crippen molar-refractivity contribution in [3.8, 4) is 5.75 Å². The molecule has 2 aromatic carbocycles. The average molecular weight is 255 g/mol. The van der Waals surface area contributed by atoms with Crippen LogP contribution in [0, 0.1) is 13.8 Å². The number of benzene rings is 2. The second kappa shape index (κ2) is 5.52. The van der Waals surface area contributed by atoms with Crippen LogP contribution in [0.5, 0.6) is 5.75 Å². The summed E-state index contributed by atoms with van der Waals surface area (Å²) in [6, 6.07) is 11.5. The summed E-state index contributed by atoms with van der Waals surface area (Å²) in [6.45, 7) is 3.98. The number of anilines is 1. The Morgan fingerprint density at radius 2 is 1.68 bits per heavy atom. The number of ether oxygens (including phenoxy) is 1. The zero-order valence-corrected chi connectivity index (χ0v) is 11.3. The van der Waals surface area contributed by atoms with Crippen molar-refractivity contribution in [3.05, 3.63) is 47.5 Å². The first-order valence-corrected chi connectivity index (χ1v) is 6.02. The summed E-state index contributed by atoms with van der Waals surface area (Å²) in [5.74, 6) is 0.614. The molecule has 0 aliphatic heterocycles. The highest BCUT2D eigenvalue weighted by atomic mass is 16.5. The van der Waals surface area contributed by atoms with Crippen molar-refractivity contribution in [1.82, 2.24) is 0 Å². The number of hydrogen-bond donors (Lipinski definition) is 1. The van der Waals surface area contributed by atoms with Gasteiger partial charge in [0.1, 0.15) is 5.75 Å². The molecule has 0 saturated heterocycles. The number of methoxy groups -OCH3 is 1. The lowest BCUT2D eigenvalue weighted by atomic mass is 10.1. The molecule has 4 nitrogen and oxygen atoms in total. The number of nitrogen functional groups attached to an aromatic ring is 1. The molecule has 2 rings (SSSR count). The number of azo groups is 1. The summed E-state index contributed by atoms with van der Waals surface area (Å²) >= 11 is 0. The first kappa shape index (κ1) is 13.1. The van der Waals surface area contributed by atoms with Crippen molar-refractivity contribution in [2.45, 2.75) is 13.8 Å². The lowest BCUT2D eigenvalue weighted by Gasteiger charge is -2.07. The molecule has 0 atom stereocenters. The van der Waals surface area contributed by atoms with Crippen LogP contribution in [0.25, 0.3) is 0 Å². The van der Waals surface area contributed by atoms with E-state index in [2.05, 4.69) is 10.2 Å². The summed E-state index contributed by atoms with van der Waals surface area (Å²) in [5, 5.41) is 8.46. The molecule has 0 bridgehead atoms. The maximum Gasteiger partial charge on any atom is 0.143 e. The maximum absolute atomic E-state index is 5.83. The van der Waals surface area contributed by atoms with Crippen LogP contribution in [0.3, 0.4) is 0 Å². The molecule has 2 N–H and O–H groups in total. The Balaban J connectivity index is 2.30. The van der Waals surface area contributed by atoms with Gasteiger partial charge in [0.05, 0.1) is 24.2 Å². The van der Waals surface area contributed by atoms with Crippen LogP contribution in [0.1, 0.15) is 11.1 Å².